The third-order valence-corrected chi connectivity index (χ3v) is 7.32. The van der Waals surface area contributed by atoms with Crippen LogP contribution in [-0.4, -0.2) is 74.3 Å². The van der Waals surface area contributed by atoms with Crippen LogP contribution in [0, 0.1) is 11.3 Å². The molecule has 1 aromatic heterocycles. The van der Waals surface area contributed by atoms with Crippen LogP contribution in [0.15, 0.2) is 79.3 Å². The van der Waals surface area contributed by atoms with Crippen molar-refractivity contribution < 1.29 is 19.5 Å². The van der Waals surface area contributed by atoms with Crippen molar-refractivity contribution in [2.75, 3.05) is 13.1 Å². The zero-order valence-electron chi connectivity index (χ0n) is 21.4. The second-order valence-electron chi connectivity index (χ2n) is 9.74. The van der Waals surface area contributed by atoms with Gasteiger partial charge in [-0.05, 0) is 53.8 Å². The number of aliphatic carboxylic acids is 1. The summed E-state index contributed by atoms with van der Waals surface area (Å²) in [5, 5.41) is 20.3. The van der Waals surface area contributed by atoms with E-state index in [0.717, 1.165) is 26.9 Å². The molecule has 0 bridgehead atoms. The first-order valence-electron chi connectivity index (χ1n) is 12.6. The molecule has 40 heavy (non-hydrogen) atoms. The van der Waals surface area contributed by atoms with Gasteiger partial charge in [0.25, 0.3) is 5.91 Å². The van der Waals surface area contributed by atoms with Gasteiger partial charge in [0.2, 0.25) is 0 Å². The van der Waals surface area contributed by atoms with Gasteiger partial charge in [0.15, 0.2) is 0 Å². The number of carboxylic acid groups (broad SMARTS) is 1. The number of urea groups is 1. The zero-order chi connectivity index (χ0) is 27.6. The molecule has 1 aliphatic rings. The van der Waals surface area contributed by atoms with Gasteiger partial charge >= 0.3 is 30.9 Å². The van der Waals surface area contributed by atoms with E-state index in [1.54, 1.807) is 37.6 Å². The van der Waals surface area contributed by atoms with Crippen molar-refractivity contribution in [3.8, 4) is 6.07 Å². The Kier molecular flexibility index (Phi) is 8.44. The van der Waals surface area contributed by atoms with E-state index >= 15 is 0 Å². The molecule has 4 aromatic rings. The zero-order valence-corrected chi connectivity index (χ0v) is 21.4. The van der Waals surface area contributed by atoms with Crippen molar-refractivity contribution in [2.45, 2.75) is 31.8 Å². The van der Waals surface area contributed by atoms with Gasteiger partial charge in [0, 0.05) is 25.0 Å². The van der Waals surface area contributed by atoms with Crippen LogP contribution < -0.4 is 0 Å². The van der Waals surface area contributed by atoms with Gasteiger partial charge in [0.1, 0.15) is 12.1 Å². The van der Waals surface area contributed by atoms with Crippen molar-refractivity contribution in [2.24, 2.45) is 0 Å². The number of hydrogen-bond acceptors (Lipinski definition) is 5. The van der Waals surface area contributed by atoms with Crippen LogP contribution in [-0.2, 0) is 28.1 Å². The number of carboxylic acids is 1. The summed E-state index contributed by atoms with van der Waals surface area (Å²) in [7, 11) is 0. The quantitative estimate of drug-likeness (QED) is 0.262. The van der Waals surface area contributed by atoms with Gasteiger partial charge in [-0.2, -0.15) is 5.26 Å². The summed E-state index contributed by atoms with van der Waals surface area (Å²) in [5.41, 5.74) is 1.71. The topological polar surface area (TPSA) is 120 Å². The van der Waals surface area contributed by atoms with Crippen LogP contribution in [0.3, 0.4) is 0 Å². The SMILES string of the molecule is CC1(c2cccc3ccccc23)C(=O)N(CCCc2cncn2Cc2ccc(C#N)cc2)C(=O)N1CC(=O)O.[LiH]. The molecule has 3 amide bonds. The Hall–Kier alpha value is -4.37. The van der Waals surface area contributed by atoms with E-state index < -0.39 is 30.0 Å². The van der Waals surface area contributed by atoms with E-state index in [0.29, 0.717) is 30.5 Å². The fraction of sp³-hybridized carbons (Fsp3) is 0.233. The Morgan fingerprint density at radius 1 is 1.05 bits per heavy atom. The molecule has 0 spiro atoms. The number of nitrogens with zero attached hydrogens (tertiary/aromatic N) is 5. The molecule has 0 saturated carbocycles. The van der Waals surface area contributed by atoms with E-state index in [2.05, 4.69) is 11.1 Å². The van der Waals surface area contributed by atoms with Gasteiger partial charge in [-0.15, -0.1) is 0 Å². The van der Waals surface area contributed by atoms with Crippen LogP contribution in [0.5, 0.6) is 0 Å². The number of aromatic nitrogens is 2. The van der Waals surface area contributed by atoms with Crippen molar-refractivity contribution in [3.63, 3.8) is 0 Å². The molecule has 9 nitrogen and oxygen atoms in total. The Morgan fingerprint density at radius 3 is 2.50 bits per heavy atom. The van der Waals surface area contributed by atoms with Crippen LogP contribution >= 0.6 is 0 Å². The number of carbonyl (C=O) groups is 3. The molecule has 1 atom stereocenters. The van der Waals surface area contributed by atoms with Crippen LogP contribution in [0.1, 0.15) is 35.7 Å². The summed E-state index contributed by atoms with van der Waals surface area (Å²) in [4.78, 5) is 45.6. The minimum absolute atomic E-state index is 0. The average Bonchev–Trinajstić information content (AvgIpc) is 3.45. The number of hydrogen-bond donors (Lipinski definition) is 1. The first-order valence-corrected chi connectivity index (χ1v) is 12.6. The summed E-state index contributed by atoms with van der Waals surface area (Å²) in [6, 6.07) is 21.9. The molecule has 5 rings (SSSR count). The van der Waals surface area contributed by atoms with E-state index in [4.69, 9.17) is 5.26 Å². The summed E-state index contributed by atoms with van der Waals surface area (Å²) >= 11 is 0. The number of amides is 3. The predicted molar refractivity (Wildman–Crippen MR) is 151 cm³/mol. The number of imide groups is 1. The van der Waals surface area contributed by atoms with Crippen molar-refractivity contribution in [1.82, 2.24) is 19.4 Å². The van der Waals surface area contributed by atoms with Crippen LogP contribution in [0.25, 0.3) is 10.8 Å². The van der Waals surface area contributed by atoms with Gasteiger partial charge in [0.05, 0.1) is 18.0 Å². The van der Waals surface area contributed by atoms with E-state index in [-0.39, 0.29) is 25.4 Å². The van der Waals surface area contributed by atoms with E-state index in [1.807, 2.05) is 53.1 Å². The molecule has 0 radical (unpaired) electrons. The molecular weight excluding hydrogens is 501 g/mol. The molecule has 1 fully saturated rings. The third-order valence-electron chi connectivity index (χ3n) is 7.32. The second kappa shape index (κ2) is 11.8. The third kappa shape index (κ3) is 5.24. The number of nitriles is 1. The number of benzene rings is 3. The first kappa shape index (κ1) is 28.6. The average molecular weight is 530 g/mol. The molecule has 1 saturated heterocycles. The predicted octanol–water partition coefficient (Wildman–Crippen LogP) is 3.50. The minimum atomic E-state index is -1.45. The maximum absolute atomic E-state index is 13.9. The van der Waals surface area contributed by atoms with Crippen LogP contribution in [0.2, 0.25) is 0 Å². The van der Waals surface area contributed by atoms with Gasteiger partial charge < -0.3 is 9.67 Å². The molecule has 1 aliphatic heterocycles. The Bertz CT molecular complexity index is 1610. The number of rotatable bonds is 9. The fourth-order valence-corrected chi connectivity index (χ4v) is 5.27. The second-order valence-corrected chi connectivity index (χ2v) is 9.74. The number of carbonyl (C=O) groups excluding carboxylic acids is 2. The molecule has 10 heteroatoms. The summed E-state index contributed by atoms with van der Waals surface area (Å²) in [6.45, 7) is 1.77. The van der Waals surface area contributed by atoms with Crippen molar-refractivity contribution in [1.29, 1.82) is 5.26 Å². The monoisotopic (exact) mass is 529 g/mol. The van der Waals surface area contributed by atoms with E-state index in [1.165, 1.54) is 4.90 Å². The molecule has 2 heterocycles. The number of fused-ring (bicyclic) bond motifs is 1. The fourth-order valence-electron chi connectivity index (χ4n) is 5.27. The number of imidazole rings is 1. The molecular formula is C30H28LiN5O4. The van der Waals surface area contributed by atoms with Crippen molar-refractivity contribution in [3.05, 3.63) is 102 Å². The standard InChI is InChI=1S/C30H27N5O4.Li.H/c1-30(26-10-4-7-23-6-2-3-9-25(23)26)28(38)34(29(39)35(30)19-27(36)37)15-5-8-24-17-32-20-33(24)18-22-13-11-21(16-31)12-14-22;;/h2-4,6-7,9-14,17,20H,5,8,15,18-19H2,1H3,(H,36,37);;. The Labute approximate surface area is 243 Å². The number of aryl methyl sites for hydroxylation is 1. The molecule has 1 unspecified atom stereocenters. The summed E-state index contributed by atoms with van der Waals surface area (Å²) in [6.07, 6.45) is 4.54. The molecule has 3 aromatic carbocycles. The van der Waals surface area contributed by atoms with Crippen LogP contribution in [0.4, 0.5) is 4.79 Å². The van der Waals surface area contributed by atoms with Gasteiger partial charge in [-0.25, -0.2) is 9.78 Å². The molecule has 0 aliphatic carbocycles. The van der Waals surface area contributed by atoms with Crippen molar-refractivity contribution >= 4 is 47.5 Å². The summed E-state index contributed by atoms with van der Waals surface area (Å²) < 4.78 is 1.99. The van der Waals surface area contributed by atoms with E-state index in [9.17, 15) is 19.5 Å². The summed E-state index contributed by atoms with van der Waals surface area (Å²) in [5.74, 6) is -1.62. The normalized spacial score (nSPS) is 16.7. The molecule has 198 valence electrons. The van der Waals surface area contributed by atoms with Gasteiger partial charge in [-0.1, -0.05) is 54.6 Å². The first-order chi connectivity index (χ1) is 18.8. The maximum atomic E-state index is 13.9. The Morgan fingerprint density at radius 2 is 1.77 bits per heavy atom. The molecule has 1 N–H and O–H groups in total. The Balaban J connectivity index is 0.00000370. The van der Waals surface area contributed by atoms with Gasteiger partial charge in [-0.3, -0.25) is 19.4 Å².